The van der Waals surface area contributed by atoms with Crippen LogP contribution in [0.1, 0.15) is 59.3 Å². The Bertz CT molecular complexity index is 326. The standard InChI is InChI=1S/C17H33N3/c1-4-14-12-18-17(5-2,6-3)13-20(14)16-9-11-19-10-7-8-15(16)19/h14-16,18H,4-13H2,1-3H3. The summed E-state index contributed by atoms with van der Waals surface area (Å²) in [6.07, 6.45) is 8.09. The zero-order chi connectivity index (χ0) is 14.2. The highest BCUT2D eigenvalue weighted by Gasteiger charge is 2.46. The van der Waals surface area contributed by atoms with Crippen LogP contribution in [0, 0.1) is 0 Å². The van der Waals surface area contributed by atoms with Gasteiger partial charge in [-0.3, -0.25) is 9.80 Å². The maximum Gasteiger partial charge on any atom is 0.0304 e. The molecule has 3 aliphatic heterocycles. The number of nitrogens with one attached hydrogen (secondary N) is 1. The molecule has 20 heavy (non-hydrogen) atoms. The predicted octanol–water partition coefficient (Wildman–Crippen LogP) is 2.47. The largest absolute Gasteiger partial charge is 0.308 e. The van der Waals surface area contributed by atoms with Crippen molar-refractivity contribution in [3.05, 3.63) is 0 Å². The Morgan fingerprint density at radius 3 is 2.55 bits per heavy atom. The molecule has 3 heteroatoms. The molecule has 0 radical (unpaired) electrons. The van der Waals surface area contributed by atoms with Crippen molar-refractivity contribution in [1.29, 1.82) is 0 Å². The molecule has 3 atom stereocenters. The van der Waals surface area contributed by atoms with Crippen LogP contribution in [0.4, 0.5) is 0 Å². The average molecular weight is 279 g/mol. The second kappa shape index (κ2) is 5.94. The normalized spacial score (nSPS) is 38.2. The summed E-state index contributed by atoms with van der Waals surface area (Å²) in [6.45, 7) is 12.3. The molecule has 3 rings (SSSR count). The fourth-order valence-corrected chi connectivity index (χ4v) is 4.92. The van der Waals surface area contributed by atoms with Gasteiger partial charge in [0.25, 0.3) is 0 Å². The van der Waals surface area contributed by atoms with Crippen molar-refractivity contribution < 1.29 is 0 Å². The zero-order valence-corrected chi connectivity index (χ0v) is 13.7. The van der Waals surface area contributed by atoms with Gasteiger partial charge < -0.3 is 5.32 Å². The highest BCUT2D eigenvalue weighted by atomic mass is 15.3. The van der Waals surface area contributed by atoms with Crippen LogP contribution in [0.2, 0.25) is 0 Å². The highest BCUT2D eigenvalue weighted by Crippen LogP contribution is 2.35. The van der Waals surface area contributed by atoms with Crippen LogP contribution in [0.25, 0.3) is 0 Å². The van der Waals surface area contributed by atoms with Crippen molar-refractivity contribution in [3.63, 3.8) is 0 Å². The molecule has 3 nitrogen and oxygen atoms in total. The van der Waals surface area contributed by atoms with E-state index in [4.69, 9.17) is 0 Å². The van der Waals surface area contributed by atoms with Gasteiger partial charge in [0.2, 0.25) is 0 Å². The van der Waals surface area contributed by atoms with Gasteiger partial charge in [0.15, 0.2) is 0 Å². The molecular formula is C17H33N3. The number of piperazine rings is 1. The molecule has 0 bridgehead atoms. The molecule has 1 N–H and O–H groups in total. The topological polar surface area (TPSA) is 18.5 Å². The molecule has 0 amide bonds. The van der Waals surface area contributed by atoms with Gasteiger partial charge in [0.05, 0.1) is 0 Å². The Labute approximate surface area is 125 Å². The average Bonchev–Trinajstić information content (AvgIpc) is 3.09. The molecule has 116 valence electrons. The van der Waals surface area contributed by atoms with E-state index in [-0.39, 0.29) is 0 Å². The van der Waals surface area contributed by atoms with Crippen LogP contribution in [0.5, 0.6) is 0 Å². The van der Waals surface area contributed by atoms with Gasteiger partial charge in [-0.15, -0.1) is 0 Å². The van der Waals surface area contributed by atoms with Gasteiger partial charge in [-0.2, -0.15) is 0 Å². The van der Waals surface area contributed by atoms with Crippen molar-refractivity contribution in [2.24, 2.45) is 0 Å². The first-order valence-corrected chi connectivity index (χ1v) is 8.98. The third-order valence-electron chi connectivity index (χ3n) is 6.49. The van der Waals surface area contributed by atoms with E-state index >= 15 is 0 Å². The van der Waals surface area contributed by atoms with Crippen LogP contribution < -0.4 is 5.32 Å². The first-order valence-electron chi connectivity index (χ1n) is 8.98. The Morgan fingerprint density at radius 1 is 1.05 bits per heavy atom. The minimum absolute atomic E-state index is 0.373. The monoisotopic (exact) mass is 279 g/mol. The summed E-state index contributed by atoms with van der Waals surface area (Å²) in [5.41, 5.74) is 0.373. The van der Waals surface area contributed by atoms with Crippen LogP contribution in [0.3, 0.4) is 0 Å². The Morgan fingerprint density at radius 2 is 1.85 bits per heavy atom. The van der Waals surface area contributed by atoms with Crippen molar-refractivity contribution in [2.45, 2.75) is 83.0 Å². The number of nitrogens with zero attached hydrogens (tertiary/aromatic N) is 2. The van der Waals surface area contributed by atoms with E-state index in [1.165, 1.54) is 64.7 Å². The summed E-state index contributed by atoms with van der Waals surface area (Å²) in [6, 6.07) is 2.46. The Kier molecular flexibility index (Phi) is 4.40. The minimum atomic E-state index is 0.373. The lowest BCUT2D eigenvalue weighted by Gasteiger charge is -2.50. The van der Waals surface area contributed by atoms with Crippen LogP contribution in [0.15, 0.2) is 0 Å². The third-order valence-corrected chi connectivity index (χ3v) is 6.49. The quantitative estimate of drug-likeness (QED) is 0.853. The molecule has 0 spiro atoms. The van der Waals surface area contributed by atoms with E-state index in [0.717, 1.165) is 18.1 Å². The molecule has 3 unspecified atom stereocenters. The Hall–Kier alpha value is -0.120. The van der Waals surface area contributed by atoms with Crippen molar-refractivity contribution in [3.8, 4) is 0 Å². The number of fused-ring (bicyclic) bond motifs is 1. The fraction of sp³-hybridized carbons (Fsp3) is 1.00. The van der Waals surface area contributed by atoms with Gasteiger partial charge in [-0.25, -0.2) is 0 Å². The fourth-order valence-electron chi connectivity index (χ4n) is 4.92. The van der Waals surface area contributed by atoms with Crippen molar-refractivity contribution >= 4 is 0 Å². The third kappa shape index (κ3) is 2.42. The van der Waals surface area contributed by atoms with Crippen molar-refractivity contribution in [1.82, 2.24) is 15.1 Å². The first-order chi connectivity index (χ1) is 9.73. The maximum absolute atomic E-state index is 3.89. The zero-order valence-electron chi connectivity index (χ0n) is 13.7. The molecule has 0 aromatic rings. The van der Waals surface area contributed by atoms with E-state index in [1.54, 1.807) is 0 Å². The molecule has 0 saturated carbocycles. The summed E-state index contributed by atoms with van der Waals surface area (Å²) >= 11 is 0. The molecule has 3 aliphatic rings. The molecular weight excluding hydrogens is 246 g/mol. The van der Waals surface area contributed by atoms with Crippen LogP contribution in [-0.2, 0) is 0 Å². The first kappa shape index (κ1) is 14.8. The van der Waals surface area contributed by atoms with Crippen LogP contribution >= 0.6 is 0 Å². The second-order valence-corrected chi connectivity index (χ2v) is 7.20. The molecule has 0 aromatic carbocycles. The van der Waals surface area contributed by atoms with Gasteiger partial charge >= 0.3 is 0 Å². The summed E-state index contributed by atoms with van der Waals surface area (Å²) in [5, 5.41) is 3.89. The molecule has 0 aromatic heterocycles. The van der Waals surface area contributed by atoms with Crippen molar-refractivity contribution in [2.75, 3.05) is 26.2 Å². The summed E-state index contributed by atoms with van der Waals surface area (Å²) in [4.78, 5) is 5.68. The van der Waals surface area contributed by atoms with Gasteiger partial charge in [0, 0.05) is 43.3 Å². The lowest BCUT2D eigenvalue weighted by molar-refractivity contribution is 0.0251. The van der Waals surface area contributed by atoms with Gasteiger partial charge in [-0.1, -0.05) is 20.8 Å². The molecule has 3 heterocycles. The van der Waals surface area contributed by atoms with E-state index in [0.29, 0.717) is 5.54 Å². The second-order valence-electron chi connectivity index (χ2n) is 7.20. The smallest absolute Gasteiger partial charge is 0.0304 e. The molecule has 3 fully saturated rings. The highest BCUT2D eigenvalue weighted by molar-refractivity contribution is 5.04. The minimum Gasteiger partial charge on any atom is -0.308 e. The summed E-state index contributed by atoms with van der Waals surface area (Å²) in [7, 11) is 0. The molecule has 3 saturated heterocycles. The SMILES string of the molecule is CCC1CNC(CC)(CC)CN1C1CCN2CCCC12. The van der Waals surface area contributed by atoms with E-state index in [9.17, 15) is 0 Å². The van der Waals surface area contributed by atoms with E-state index in [2.05, 4.69) is 35.9 Å². The lowest BCUT2D eigenvalue weighted by atomic mass is 9.86. The summed E-state index contributed by atoms with van der Waals surface area (Å²) < 4.78 is 0. The summed E-state index contributed by atoms with van der Waals surface area (Å²) in [5.74, 6) is 0. The Balaban J connectivity index is 1.77. The predicted molar refractivity (Wildman–Crippen MR) is 85.1 cm³/mol. The number of rotatable bonds is 4. The van der Waals surface area contributed by atoms with E-state index in [1.807, 2.05) is 0 Å². The van der Waals surface area contributed by atoms with Crippen LogP contribution in [-0.4, -0.2) is 59.6 Å². The number of hydrogen-bond acceptors (Lipinski definition) is 3. The van der Waals surface area contributed by atoms with Gasteiger partial charge in [0.1, 0.15) is 0 Å². The lowest BCUT2D eigenvalue weighted by Crippen LogP contribution is -2.66. The molecule has 0 aliphatic carbocycles. The maximum atomic E-state index is 3.89. The van der Waals surface area contributed by atoms with E-state index < -0.39 is 0 Å². The van der Waals surface area contributed by atoms with Gasteiger partial charge in [-0.05, 0) is 45.1 Å². The number of hydrogen-bond donors (Lipinski definition) is 1.